The van der Waals surface area contributed by atoms with Gasteiger partial charge in [-0.1, -0.05) is 47.5 Å². The molecule has 0 fully saturated rings. The maximum atomic E-state index is 12.9. The molecular formula is C21H25N7O4S2. The smallest absolute Gasteiger partial charge is 0.240 e. The van der Waals surface area contributed by atoms with Crippen LogP contribution in [0.3, 0.4) is 0 Å². The minimum absolute atomic E-state index is 0.0638. The van der Waals surface area contributed by atoms with Crippen LogP contribution in [0.25, 0.3) is 0 Å². The van der Waals surface area contributed by atoms with E-state index in [1.165, 1.54) is 0 Å². The first-order valence-electron chi connectivity index (χ1n) is 10.4. The van der Waals surface area contributed by atoms with Gasteiger partial charge in [0.2, 0.25) is 10.0 Å². The van der Waals surface area contributed by atoms with Crippen molar-refractivity contribution in [2.24, 2.45) is 5.10 Å². The number of nitrogens with zero attached hydrogens (tertiary/aromatic N) is 4. The van der Waals surface area contributed by atoms with Gasteiger partial charge in [0, 0.05) is 12.1 Å². The van der Waals surface area contributed by atoms with Crippen LogP contribution in [0.5, 0.6) is 0 Å². The molecule has 3 aromatic rings. The van der Waals surface area contributed by atoms with Gasteiger partial charge < -0.3 is 5.84 Å². The van der Waals surface area contributed by atoms with Gasteiger partial charge in [-0.25, -0.2) is 21.5 Å². The van der Waals surface area contributed by atoms with E-state index in [9.17, 15) is 16.8 Å². The van der Waals surface area contributed by atoms with Crippen LogP contribution < -0.4 is 16.0 Å². The predicted octanol–water partition coefficient (Wildman–Crippen LogP) is 1.19. The molecule has 1 atom stereocenters. The molecule has 4 rings (SSSR count). The second-order valence-corrected chi connectivity index (χ2v) is 12.1. The Bertz CT molecular complexity index is 1430. The number of nitrogens with one attached hydrogen (secondary N) is 2. The van der Waals surface area contributed by atoms with E-state index in [-0.39, 0.29) is 18.1 Å². The summed E-state index contributed by atoms with van der Waals surface area (Å²) in [5.74, 6) is 4.72. The van der Waals surface area contributed by atoms with Crippen molar-refractivity contribution in [2.75, 3.05) is 10.6 Å². The number of benzene rings is 2. The van der Waals surface area contributed by atoms with Crippen LogP contribution in [0.15, 0.2) is 53.6 Å². The minimum Gasteiger partial charge on any atom is -0.336 e. The summed E-state index contributed by atoms with van der Waals surface area (Å²) in [5.41, 5.74) is 6.62. The summed E-state index contributed by atoms with van der Waals surface area (Å²) in [7, 11) is -7.61. The zero-order valence-electron chi connectivity index (χ0n) is 18.6. The molecule has 0 aliphatic carbocycles. The molecule has 13 heteroatoms. The summed E-state index contributed by atoms with van der Waals surface area (Å²) >= 11 is 0. The van der Waals surface area contributed by atoms with Gasteiger partial charge in [0.05, 0.1) is 5.71 Å². The Morgan fingerprint density at radius 2 is 1.50 bits per heavy atom. The number of hydrazone groups is 1. The Morgan fingerprint density at radius 3 is 2.12 bits per heavy atom. The molecule has 0 saturated carbocycles. The van der Waals surface area contributed by atoms with Gasteiger partial charge in [-0.05, 0) is 31.5 Å². The Balaban J connectivity index is 1.42. The maximum absolute atomic E-state index is 12.9. The lowest BCUT2D eigenvalue weighted by atomic mass is 10.1. The van der Waals surface area contributed by atoms with Gasteiger partial charge in [-0.2, -0.15) is 5.10 Å². The molecule has 2 heterocycles. The zero-order chi connectivity index (χ0) is 24.5. The lowest BCUT2D eigenvalue weighted by Crippen LogP contribution is -2.32. The van der Waals surface area contributed by atoms with Crippen LogP contribution in [0.1, 0.15) is 34.8 Å². The molecule has 0 bridgehead atoms. The molecule has 1 aliphatic heterocycles. The highest BCUT2D eigenvalue weighted by Gasteiger charge is 2.33. The number of aromatic nitrogens is 3. The van der Waals surface area contributed by atoms with Crippen molar-refractivity contribution in [1.29, 1.82) is 0 Å². The van der Waals surface area contributed by atoms with Gasteiger partial charge in [-0.3, -0.25) is 10.1 Å². The van der Waals surface area contributed by atoms with Crippen LogP contribution >= 0.6 is 0 Å². The number of anilines is 1. The molecular weight excluding hydrogens is 478 g/mol. The first-order valence-corrected chi connectivity index (χ1v) is 13.8. The largest absolute Gasteiger partial charge is 0.336 e. The zero-order valence-corrected chi connectivity index (χ0v) is 20.3. The summed E-state index contributed by atoms with van der Waals surface area (Å²) < 4.78 is 54.3. The van der Waals surface area contributed by atoms with Gasteiger partial charge in [0.25, 0.3) is 0 Å². The highest BCUT2D eigenvalue weighted by molar-refractivity contribution is 7.92. The van der Waals surface area contributed by atoms with Crippen molar-refractivity contribution in [2.45, 2.75) is 37.1 Å². The minimum atomic E-state index is -3.84. The van der Waals surface area contributed by atoms with Crippen LogP contribution in [-0.2, 0) is 31.4 Å². The molecule has 0 spiro atoms. The molecule has 0 amide bonds. The van der Waals surface area contributed by atoms with Crippen LogP contribution in [-0.4, -0.2) is 42.8 Å². The lowest BCUT2D eigenvalue weighted by Gasteiger charge is -2.11. The van der Waals surface area contributed by atoms with Crippen molar-refractivity contribution in [3.8, 4) is 0 Å². The molecule has 34 heavy (non-hydrogen) atoms. The average Bonchev–Trinajstić information content (AvgIpc) is 3.39. The second-order valence-electron chi connectivity index (χ2n) is 8.18. The molecule has 0 radical (unpaired) electrons. The molecule has 1 aromatic heterocycles. The maximum Gasteiger partial charge on any atom is 0.240 e. The van der Waals surface area contributed by atoms with E-state index in [0.29, 0.717) is 11.4 Å². The highest BCUT2D eigenvalue weighted by Crippen LogP contribution is 2.20. The fourth-order valence-electron chi connectivity index (χ4n) is 3.40. The fraction of sp³-hybridized carbons (Fsp3) is 0.286. The van der Waals surface area contributed by atoms with E-state index >= 15 is 0 Å². The van der Waals surface area contributed by atoms with Crippen LogP contribution in [0, 0.1) is 13.8 Å². The molecule has 1 unspecified atom stereocenters. The molecule has 11 nitrogen and oxygen atoms in total. The first-order chi connectivity index (χ1) is 16.0. The summed E-state index contributed by atoms with van der Waals surface area (Å²) in [6, 6.07) is 14.5. The van der Waals surface area contributed by atoms with Crippen molar-refractivity contribution in [3.05, 3.63) is 76.9 Å². The number of aryl methyl sites for hydroxylation is 2. The number of sulfonamides is 1. The third-order valence-electron chi connectivity index (χ3n) is 5.35. The topological polar surface area (TPSA) is 161 Å². The highest BCUT2D eigenvalue weighted by atomic mass is 32.2. The standard InChI is InChI=1S/C21H25N7O4S2/c1-14-3-7-16(8-4-14)18-11-21(26-23-18)33(29,30)12-19-24-25-20(28(19)22)13-34(31,32)27-17-9-5-15(2)6-10-17/h3-10,21,26-27H,11-13,22H2,1-2H3. The Kier molecular flexibility index (Phi) is 6.32. The van der Waals surface area contributed by atoms with Crippen molar-refractivity contribution < 1.29 is 16.8 Å². The van der Waals surface area contributed by atoms with E-state index in [0.717, 1.165) is 21.4 Å². The van der Waals surface area contributed by atoms with Crippen molar-refractivity contribution in [3.63, 3.8) is 0 Å². The molecule has 0 saturated heterocycles. The van der Waals surface area contributed by atoms with Gasteiger partial charge in [0.15, 0.2) is 26.9 Å². The SMILES string of the molecule is Cc1ccc(NS(=O)(=O)Cc2nnc(CS(=O)(=O)C3CC(c4ccc(C)cc4)=NN3)n2N)cc1. The van der Waals surface area contributed by atoms with Gasteiger partial charge >= 0.3 is 0 Å². The summed E-state index contributed by atoms with van der Waals surface area (Å²) in [4.78, 5) is 0. The third-order valence-corrected chi connectivity index (χ3v) is 8.34. The van der Waals surface area contributed by atoms with Crippen molar-refractivity contribution >= 4 is 31.3 Å². The van der Waals surface area contributed by atoms with E-state index in [4.69, 9.17) is 5.84 Å². The normalized spacial score (nSPS) is 16.2. The van der Waals surface area contributed by atoms with E-state index in [1.807, 2.05) is 38.1 Å². The second kappa shape index (κ2) is 9.06. The van der Waals surface area contributed by atoms with E-state index in [1.54, 1.807) is 24.3 Å². The summed E-state index contributed by atoms with van der Waals surface area (Å²) in [6.07, 6.45) is 0.186. The van der Waals surface area contributed by atoms with Crippen LogP contribution in [0.4, 0.5) is 5.69 Å². The molecule has 2 aromatic carbocycles. The first kappa shape index (κ1) is 23.7. The van der Waals surface area contributed by atoms with Gasteiger partial charge in [-0.15, -0.1) is 10.2 Å². The average molecular weight is 504 g/mol. The van der Waals surface area contributed by atoms with Crippen LogP contribution in [0.2, 0.25) is 0 Å². The van der Waals surface area contributed by atoms with Crippen molar-refractivity contribution in [1.82, 2.24) is 20.3 Å². The summed E-state index contributed by atoms with van der Waals surface area (Å²) in [6.45, 7) is 3.86. The number of rotatable bonds is 8. The number of hydrogen-bond acceptors (Lipinski definition) is 9. The van der Waals surface area contributed by atoms with E-state index < -0.39 is 36.7 Å². The Labute approximate surface area is 198 Å². The fourth-order valence-corrected chi connectivity index (χ4v) is 5.88. The molecule has 180 valence electrons. The lowest BCUT2D eigenvalue weighted by molar-refractivity contribution is 0.564. The summed E-state index contributed by atoms with van der Waals surface area (Å²) in [5, 5.41) is 10.8. The van der Waals surface area contributed by atoms with E-state index in [2.05, 4.69) is 25.4 Å². The number of nitrogens with two attached hydrogens (primary N) is 1. The Morgan fingerprint density at radius 1 is 0.941 bits per heavy atom. The van der Waals surface area contributed by atoms with Gasteiger partial charge in [0.1, 0.15) is 11.5 Å². The predicted molar refractivity (Wildman–Crippen MR) is 129 cm³/mol. The Hall–Kier alpha value is -3.45. The quantitative estimate of drug-likeness (QED) is 0.386. The monoisotopic (exact) mass is 503 g/mol. The third kappa shape index (κ3) is 5.37. The number of nitrogen functional groups attached to an aromatic ring is 1. The number of hydrogen-bond donors (Lipinski definition) is 3. The number of sulfone groups is 1. The molecule has 1 aliphatic rings. The molecule has 4 N–H and O–H groups in total.